The van der Waals surface area contributed by atoms with Crippen molar-refractivity contribution in [2.45, 2.75) is 49.8 Å². The summed E-state index contributed by atoms with van der Waals surface area (Å²) in [5, 5.41) is 4.02. The molecule has 2 aromatic carbocycles. The lowest BCUT2D eigenvalue weighted by Gasteiger charge is -2.12. The van der Waals surface area contributed by atoms with Gasteiger partial charge >= 0.3 is 0 Å². The van der Waals surface area contributed by atoms with Gasteiger partial charge in [0.25, 0.3) is 10.0 Å². The van der Waals surface area contributed by atoms with Crippen molar-refractivity contribution < 1.29 is 12.9 Å². The fourth-order valence-corrected chi connectivity index (χ4v) is 4.21. The van der Waals surface area contributed by atoms with Gasteiger partial charge in [-0.15, -0.1) is 0 Å². The number of hydrogen-bond donors (Lipinski definition) is 1. The number of nitrogens with zero attached hydrogens (tertiary/aromatic N) is 2. The first-order valence-corrected chi connectivity index (χ1v) is 11.1. The number of sulfonamides is 1. The normalized spacial score (nSPS) is 14.2. The van der Waals surface area contributed by atoms with Crippen molar-refractivity contribution in [3.8, 4) is 0 Å². The maximum atomic E-state index is 12.8. The molecule has 7 heteroatoms. The lowest BCUT2D eigenvalue weighted by molar-refractivity contribution is 0.379. The van der Waals surface area contributed by atoms with E-state index in [-0.39, 0.29) is 4.90 Å². The van der Waals surface area contributed by atoms with Gasteiger partial charge < -0.3 is 4.52 Å². The molecule has 0 unspecified atom stereocenters. The van der Waals surface area contributed by atoms with E-state index in [2.05, 4.69) is 21.8 Å². The highest BCUT2D eigenvalue weighted by atomic mass is 32.2. The molecule has 0 spiro atoms. The van der Waals surface area contributed by atoms with E-state index in [1.165, 1.54) is 0 Å². The van der Waals surface area contributed by atoms with Crippen molar-refractivity contribution in [2.24, 2.45) is 0 Å². The largest absolute Gasteiger partial charge is 0.339 e. The molecule has 146 valence electrons. The Morgan fingerprint density at radius 2 is 1.86 bits per heavy atom. The molecule has 28 heavy (non-hydrogen) atoms. The minimum Gasteiger partial charge on any atom is -0.339 e. The molecule has 3 aromatic rings. The van der Waals surface area contributed by atoms with Gasteiger partial charge in [0, 0.05) is 5.92 Å². The number of nitrogens with one attached hydrogen (secondary N) is 1. The van der Waals surface area contributed by atoms with E-state index in [1.54, 1.807) is 24.3 Å². The molecule has 0 atom stereocenters. The standard InChI is InChI=1S/C21H23N3O3S/c1-2-5-15-8-12-18(13-9-15)28(25,26)24-19-7-4-3-6-17(19)14-20-22-21(23-27-20)16-10-11-16/h3-4,6-9,12-13,16,24H,2,5,10-11,14H2,1H3. The van der Waals surface area contributed by atoms with Crippen LogP contribution in [0.2, 0.25) is 0 Å². The highest BCUT2D eigenvalue weighted by Crippen LogP contribution is 2.38. The summed E-state index contributed by atoms with van der Waals surface area (Å²) in [6, 6.07) is 14.3. The van der Waals surface area contributed by atoms with E-state index in [9.17, 15) is 8.42 Å². The smallest absolute Gasteiger partial charge is 0.261 e. The van der Waals surface area contributed by atoms with Gasteiger partial charge in [-0.3, -0.25) is 4.72 Å². The maximum absolute atomic E-state index is 12.8. The van der Waals surface area contributed by atoms with E-state index < -0.39 is 10.0 Å². The lowest BCUT2D eigenvalue weighted by Crippen LogP contribution is -2.14. The lowest BCUT2D eigenvalue weighted by atomic mass is 10.1. The van der Waals surface area contributed by atoms with E-state index in [0.29, 0.717) is 23.9 Å². The number of anilines is 1. The van der Waals surface area contributed by atoms with Crippen LogP contribution >= 0.6 is 0 Å². The molecule has 1 aliphatic carbocycles. The molecule has 1 N–H and O–H groups in total. The first-order valence-electron chi connectivity index (χ1n) is 9.57. The summed E-state index contributed by atoms with van der Waals surface area (Å²) in [4.78, 5) is 4.68. The Labute approximate surface area is 165 Å². The zero-order valence-electron chi connectivity index (χ0n) is 15.8. The quantitative estimate of drug-likeness (QED) is 0.613. The van der Waals surface area contributed by atoms with Crippen LogP contribution in [-0.4, -0.2) is 18.6 Å². The van der Waals surface area contributed by atoms with Crippen LogP contribution in [0.5, 0.6) is 0 Å². The summed E-state index contributed by atoms with van der Waals surface area (Å²) in [5.74, 6) is 1.67. The molecule has 1 aromatic heterocycles. The van der Waals surface area contributed by atoms with Crippen molar-refractivity contribution in [1.29, 1.82) is 0 Å². The number of rotatable bonds is 8. The van der Waals surface area contributed by atoms with Crippen LogP contribution < -0.4 is 4.72 Å². The van der Waals surface area contributed by atoms with Gasteiger partial charge in [-0.2, -0.15) is 4.98 Å². The van der Waals surface area contributed by atoms with Crippen molar-refractivity contribution in [2.75, 3.05) is 4.72 Å². The van der Waals surface area contributed by atoms with E-state index >= 15 is 0 Å². The zero-order valence-corrected chi connectivity index (χ0v) is 16.6. The van der Waals surface area contributed by atoms with Crippen LogP contribution in [0.3, 0.4) is 0 Å². The van der Waals surface area contributed by atoms with E-state index in [1.807, 2.05) is 24.3 Å². The summed E-state index contributed by atoms with van der Waals surface area (Å²) >= 11 is 0. The second-order valence-electron chi connectivity index (χ2n) is 7.15. The minimum atomic E-state index is -3.67. The van der Waals surface area contributed by atoms with Gasteiger partial charge in [0.05, 0.1) is 17.0 Å². The Kier molecular flexibility index (Phi) is 5.17. The summed E-state index contributed by atoms with van der Waals surface area (Å²) < 4.78 is 33.7. The predicted octanol–water partition coefficient (Wildman–Crippen LogP) is 4.29. The highest BCUT2D eigenvalue weighted by Gasteiger charge is 2.29. The van der Waals surface area contributed by atoms with Crippen LogP contribution in [-0.2, 0) is 22.9 Å². The van der Waals surface area contributed by atoms with E-state index in [0.717, 1.165) is 42.6 Å². The van der Waals surface area contributed by atoms with Crippen LogP contribution in [0, 0.1) is 0 Å². The Morgan fingerprint density at radius 3 is 2.57 bits per heavy atom. The van der Waals surface area contributed by atoms with Gasteiger partial charge in [-0.1, -0.05) is 48.8 Å². The molecule has 0 amide bonds. The molecule has 0 saturated heterocycles. The third-order valence-electron chi connectivity index (χ3n) is 4.80. The fraction of sp³-hybridized carbons (Fsp3) is 0.333. The second-order valence-corrected chi connectivity index (χ2v) is 8.84. The zero-order chi connectivity index (χ0) is 19.6. The molecule has 1 heterocycles. The van der Waals surface area contributed by atoms with Crippen molar-refractivity contribution in [3.05, 3.63) is 71.4 Å². The molecule has 0 radical (unpaired) electrons. The maximum Gasteiger partial charge on any atom is 0.261 e. The Hall–Kier alpha value is -2.67. The molecule has 0 bridgehead atoms. The van der Waals surface area contributed by atoms with Crippen LogP contribution in [0.4, 0.5) is 5.69 Å². The number of aromatic nitrogens is 2. The Morgan fingerprint density at radius 1 is 1.11 bits per heavy atom. The summed E-state index contributed by atoms with van der Waals surface area (Å²) in [7, 11) is -3.67. The number of hydrogen-bond acceptors (Lipinski definition) is 5. The monoisotopic (exact) mass is 397 g/mol. The van der Waals surface area contributed by atoms with Gasteiger partial charge in [0.1, 0.15) is 0 Å². The number of benzene rings is 2. The van der Waals surface area contributed by atoms with Crippen LogP contribution in [0.1, 0.15) is 54.9 Å². The average Bonchev–Trinajstić information content (AvgIpc) is 3.43. The molecule has 1 fully saturated rings. The first kappa shape index (κ1) is 18.7. The van der Waals surface area contributed by atoms with Gasteiger partial charge in [-0.05, 0) is 48.6 Å². The number of aryl methyl sites for hydroxylation is 1. The second kappa shape index (κ2) is 7.75. The van der Waals surface area contributed by atoms with Crippen molar-refractivity contribution >= 4 is 15.7 Å². The fourth-order valence-electron chi connectivity index (χ4n) is 3.11. The van der Waals surface area contributed by atoms with Crippen molar-refractivity contribution in [3.63, 3.8) is 0 Å². The van der Waals surface area contributed by atoms with Crippen molar-refractivity contribution in [1.82, 2.24) is 10.1 Å². The highest BCUT2D eigenvalue weighted by molar-refractivity contribution is 7.92. The van der Waals surface area contributed by atoms with Crippen LogP contribution in [0.25, 0.3) is 0 Å². The minimum absolute atomic E-state index is 0.246. The molecule has 1 saturated carbocycles. The SMILES string of the molecule is CCCc1ccc(S(=O)(=O)Nc2ccccc2Cc2nc(C3CC3)no2)cc1. The third kappa shape index (κ3) is 4.25. The van der Waals surface area contributed by atoms with Gasteiger partial charge in [-0.25, -0.2) is 8.42 Å². The summed E-state index contributed by atoms with van der Waals surface area (Å²) in [6.45, 7) is 2.10. The van der Waals surface area contributed by atoms with E-state index in [4.69, 9.17) is 4.52 Å². The molecular formula is C21H23N3O3S. The third-order valence-corrected chi connectivity index (χ3v) is 6.18. The molecule has 4 rings (SSSR count). The number of para-hydroxylation sites is 1. The van der Waals surface area contributed by atoms with Gasteiger partial charge in [0.2, 0.25) is 5.89 Å². The predicted molar refractivity (Wildman–Crippen MR) is 107 cm³/mol. The Balaban J connectivity index is 1.53. The Bertz CT molecular complexity index is 1050. The van der Waals surface area contributed by atoms with Gasteiger partial charge in [0.15, 0.2) is 5.82 Å². The molecular weight excluding hydrogens is 374 g/mol. The average molecular weight is 398 g/mol. The summed E-state index contributed by atoms with van der Waals surface area (Å²) in [5.41, 5.74) is 2.44. The summed E-state index contributed by atoms with van der Waals surface area (Å²) in [6.07, 6.45) is 4.55. The molecule has 1 aliphatic rings. The first-order chi connectivity index (χ1) is 13.5. The topological polar surface area (TPSA) is 85.1 Å². The van der Waals surface area contributed by atoms with Crippen LogP contribution in [0.15, 0.2) is 57.9 Å². The molecule has 6 nitrogen and oxygen atoms in total. The molecule has 0 aliphatic heterocycles.